The van der Waals surface area contributed by atoms with Crippen molar-refractivity contribution in [2.45, 2.75) is 37.2 Å². The van der Waals surface area contributed by atoms with E-state index in [2.05, 4.69) is 5.32 Å². The van der Waals surface area contributed by atoms with E-state index in [9.17, 15) is 13.2 Å². The van der Waals surface area contributed by atoms with E-state index in [1.165, 1.54) is 11.4 Å². The molecule has 1 unspecified atom stereocenters. The molecule has 1 atom stereocenters. The average Bonchev–Trinajstić information content (AvgIpc) is 2.96. The third-order valence-corrected chi connectivity index (χ3v) is 5.88. The Hall–Kier alpha value is -1.44. The lowest BCUT2D eigenvalue weighted by atomic mass is 10.1. The largest absolute Gasteiger partial charge is 0.358 e. The molecular weight excluding hydrogens is 290 g/mol. The number of carbonyl (C=O) groups excluding carboxylic acids is 1. The van der Waals surface area contributed by atoms with Crippen LogP contribution in [0.2, 0.25) is 0 Å². The fourth-order valence-electron chi connectivity index (χ4n) is 2.71. The molecule has 1 aliphatic heterocycles. The number of hydrogen-bond donors (Lipinski definition) is 2. The van der Waals surface area contributed by atoms with E-state index < -0.39 is 16.1 Å². The molecule has 1 aromatic carbocycles. The van der Waals surface area contributed by atoms with E-state index in [-0.39, 0.29) is 10.8 Å². The first kappa shape index (κ1) is 15.9. The van der Waals surface area contributed by atoms with Gasteiger partial charge in [-0.25, -0.2) is 8.42 Å². The van der Waals surface area contributed by atoms with Crippen LogP contribution in [-0.2, 0) is 21.4 Å². The molecule has 3 N–H and O–H groups in total. The second-order valence-electron chi connectivity index (χ2n) is 5.19. The Morgan fingerprint density at radius 1 is 1.48 bits per heavy atom. The summed E-state index contributed by atoms with van der Waals surface area (Å²) < 4.78 is 26.9. The smallest absolute Gasteiger partial charge is 0.244 e. The predicted molar refractivity (Wildman–Crippen MR) is 80.1 cm³/mol. The summed E-state index contributed by atoms with van der Waals surface area (Å²) in [7, 11) is -2.15. The van der Waals surface area contributed by atoms with Crippen LogP contribution in [0.1, 0.15) is 24.0 Å². The summed E-state index contributed by atoms with van der Waals surface area (Å²) >= 11 is 0. The standard InChI is InChI=1S/C14H21N3O3S/c1-10-8-11(9-15)5-6-13(10)21(19,20)17-7-3-4-12(17)14(18)16-2/h5-6,8,12H,3-4,7,9,15H2,1-2H3,(H,16,18). The minimum absolute atomic E-state index is 0.246. The SMILES string of the molecule is CNC(=O)C1CCCN1S(=O)(=O)c1ccc(CN)cc1C. The molecule has 1 saturated heterocycles. The quantitative estimate of drug-likeness (QED) is 0.839. The van der Waals surface area contributed by atoms with Gasteiger partial charge < -0.3 is 11.1 Å². The van der Waals surface area contributed by atoms with E-state index >= 15 is 0 Å². The third kappa shape index (κ3) is 2.95. The molecule has 7 heteroatoms. The number of carbonyl (C=O) groups is 1. The maximum atomic E-state index is 12.8. The maximum absolute atomic E-state index is 12.8. The first-order valence-corrected chi connectivity index (χ1v) is 8.39. The Labute approximate surface area is 125 Å². The van der Waals surface area contributed by atoms with Crippen molar-refractivity contribution in [2.75, 3.05) is 13.6 Å². The third-order valence-electron chi connectivity index (χ3n) is 3.81. The second-order valence-corrected chi connectivity index (χ2v) is 7.05. The Morgan fingerprint density at radius 2 is 2.19 bits per heavy atom. The molecule has 1 heterocycles. The number of nitrogens with zero attached hydrogens (tertiary/aromatic N) is 1. The van der Waals surface area contributed by atoms with E-state index in [0.717, 1.165) is 5.56 Å². The lowest BCUT2D eigenvalue weighted by Gasteiger charge is -2.23. The van der Waals surface area contributed by atoms with Crippen LogP contribution in [0, 0.1) is 6.92 Å². The zero-order chi connectivity index (χ0) is 15.6. The molecule has 0 aromatic heterocycles. The molecule has 1 fully saturated rings. The molecule has 1 amide bonds. The van der Waals surface area contributed by atoms with Crippen molar-refractivity contribution in [3.63, 3.8) is 0 Å². The zero-order valence-corrected chi connectivity index (χ0v) is 13.1. The fraction of sp³-hybridized carbons (Fsp3) is 0.500. The van der Waals surface area contributed by atoms with Gasteiger partial charge in [0.25, 0.3) is 0 Å². The van der Waals surface area contributed by atoms with Gasteiger partial charge in [0.15, 0.2) is 0 Å². The normalized spacial score (nSPS) is 19.7. The molecule has 0 saturated carbocycles. The van der Waals surface area contributed by atoms with Gasteiger partial charge in [0, 0.05) is 20.1 Å². The summed E-state index contributed by atoms with van der Waals surface area (Å²) in [5.41, 5.74) is 7.11. The van der Waals surface area contributed by atoms with Crippen molar-refractivity contribution in [1.82, 2.24) is 9.62 Å². The minimum atomic E-state index is -3.67. The molecule has 0 aliphatic carbocycles. The summed E-state index contributed by atoms with van der Waals surface area (Å²) in [6.07, 6.45) is 1.25. The van der Waals surface area contributed by atoms with Crippen LogP contribution >= 0.6 is 0 Å². The van der Waals surface area contributed by atoms with Gasteiger partial charge in [-0.1, -0.05) is 12.1 Å². The average molecular weight is 311 g/mol. The van der Waals surface area contributed by atoms with Crippen LogP contribution in [0.25, 0.3) is 0 Å². The lowest BCUT2D eigenvalue weighted by molar-refractivity contribution is -0.123. The van der Waals surface area contributed by atoms with E-state index in [1.807, 2.05) is 0 Å². The van der Waals surface area contributed by atoms with Crippen molar-refractivity contribution in [2.24, 2.45) is 5.73 Å². The Balaban J connectivity index is 2.40. The van der Waals surface area contributed by atoms with Gasteiger partial charge in [-0.15, -0.1) is 0 Å². The topological polar surface area (TPSA) is 92.5 Å². The van der Waals surface area contributed by atoms with E-state index in [4.69, 9.17) is 5.73 Å². The molecule has 0 radical (unpaired) electrons. The van der Waals surface area contributed by atoms with Crippen molar-refractivity contribution in [3.8, 4) is 0 Å². The molecule has 21 heavy (non-hydrogen) atoms. The number of aryl methyl sites for hydroxylation is 1. The summed E-state index contributed by atoms with van der Waals surface area (Å²) in [5.74, 6) is -0.257. The predicted octanol–water partition coefficient (Wildman–Crippen LogP) is 0.353. The van der Waals surface area contributed by atoms with Gasteiger partial charge in [0.1, 0.15) is 6.04 Å². The van der Waals surface area contributed by atoms with Gasteiger partial charge in [-0.3, -0.25) is 4.79 Å². The van der Waals surface area contributed by atoms with E-state index in [1.54, 1.807) is 25.1 Å². The number of nitrogens with one attached hydrogen (secondary N) is 1. The van der Waals surface area contributed by atoms with Crippen molar-refractivity contribution >= 4 is 15.9 Å². The molecule has 2 rings (SSSR count). The zero-order valence-electron chi connectivity index (χ0n) is 12.3. The molecule has 116 valence electrons. The summed E-state index contributed by atoms with van der Waals surface area (Å²) in [6, 6.07) is 4.45. The highest BCUT2D eigenvalue weighted by molar-refractivity contribution is 7.89. The van der Waals surface area contributed by atoms with E-state index in [0.29, 0.717) is 31.5 Å². The summed E-state index contributed by atoms with van der Waals surface area (Å²) in [4.78, 5) is 12.1. The molecule has 6 nitrogen and oxygen atoms in total. The highest BCUT2D eigenvalue weighted by atomic mass is 32.2. The maximum Gasteiger partial charge on any atom is 0.244 e. The molecule has 0 spiro atoms. The first-order chi connectivity index (χ1) is 9.91. The van der Waals surface area contributed by atoms with Crippen molar-refractivity contribution in [1.29, 1.82) is 0 Å². The Bertz CT molecular complexity index is 643. The highest BCUT2D eigenvalue weighted by Gasteiger charge is 2.39. The number of likely N-dealkylation sites (N-methyl/N-ethyl adjacent to an activating group) is 1. The molecule has 1 aliphatic rings. The number of hydrogen-bond acceptors (Lipinski definition) is 4. The van der Waals surface area contributed by atoms with Crippen LogP contribution in [0.15, 0.2) is 23.1 Å². The van der Waals surface area contributed by atoms with Crippen LogP contribution in [0.3, 0.4) is 0 Å². The molecule has 1 aromatic rings. The Kier molecular flexibility index (Phi) is 4.65. The number of sulfonamides is 1. The summed E-state index contributed by atoms with van der Waals surface area (Å²) in [5, 5.41) is 2.53. The highest BCUT2D eigenvalue weighted by Crippen LogP contribution is 2.28. The molecule has 0 bridgehead atoms. The summed E-state index contributed by atoms with van der Waals surface area (Å²) in [6.45, 7) is 2.49. The van der Waals surface area contributed by atoms with Gasteiger partial charge in [-0.2, -0.15) is 4.31 Å². The number of amides is 1. The van der Waals surface area contributed by atoms with Crippen molar-refractivity contribution < 1.29 is 13.2 Å². The Morgan fingerprint density at radius 3 is 2.76 bits per heavy atom. The van der Waals surface area contributed by atoms with Gasteiger partial charge >= 0.3 is 0 Å². The van der Waals surface area contributed by atoms with Crippen LogP contribution in [0.5, 0.6) is 0 Å². The lowest BCUT2D eigenvalue weighted by Crippen LogP contribution is -2.44. The van der Waals surface area contributed by atoms with Crippen LogP contribution in [0.4, 0.5) is 0 Å². The minimum Gasteiger partial charge on any atom is -0.358 e. The fourth-order valence-corrected chi connectivity index (χ4v) is 4.57. The van der Waals surface area contributed by atoms with Gasteiger partial charge in [0.05, 0.1) is 4.90 Å². The van der Waals surface area contributed by atoms with Crippen LogP contribution in [-0.4, -0.2) is 38.3 Å². The molecular formula is C14H21N3O3S. The first-order valence-electron chi connectivity index (χ1n) is 6.95. The number of nitrogens with two attached hydrogens (primary N) is 1. The van der Waals surface area contributed by atoms with Gasteiger partial charge in [-0.05, 0) is 37.0 Å². The van der Waals surface area contributed by atoms with Gasteiger partial charge in [0.2, 0.25) is 15.9 Å². The van der Waals surface area contributed by atoms with Crippen LogP contribution < -0.4 is 11.1 Å². The van der Waals surface area contributed by atoms with Crippen molar-refractivity contribution in [3.05, 3.63) is 29.3 Å². The number of benzene rings is 1. The monoisotopic (exact) mass is 311 g/mol. The second kappa shape index (κ2) is 6.13. The number of rotatable bonds is 4.